The molecule has 0 bridgehead atoms. The van der Waals surface area contributed by atoms with Gasteiger partial charge in [0.2, 0.25) is 0 Å². The third-order valence-corrected chi connectivity index (χ3v) is 6.59. The third kappa shape index (κ3) is 4.26. The Bertz CT molecular complexity index is 1280. The van der Waals surface area contributed by atoms with Gasteiger partial charge in [-0.25, -0.2) is 4.98 Å². The fraction of sp³-hybridized carbons (Fsp3) is 0.348. The first-order valence-electron chi connectivity index (χ1n) is 10.8. The molecule has 1 amide bonds. The van der Waals surface area contributed by atoms with Crippen LogP contribution in [0.15, 0.2) is 39.8 Å². The first kappa shape index (κ1) is 20.0. The van der Waals surface area contributed by atoms with Gasteiger partial charge in [-0.05, 0) is 69.6 Å². The number of aromatic nitrogens is 3. The molecule has 0 saturated carbocycles. The Morgan fingerprint density at radius 3 is 2.84 bits per heavy atom. The number of hydrogen-bond donors (Lipinski definition) is 3. The fourth-order valence-corrected chi connectivity index (χ4v) is 4.87. The van der Waals surface area contributed by atoms with Gasteiger partial charge in [-0.1, -0.05) is 0 Å². The predicted molar refractivity (Wildman–Crippen MR) is 125 cm³/mol. The summed E-state index contributed by atoms with van der Waals surface area (Å²) >= 11 is 1.50. The maximum Gasteiger partial charge on any atom is 0.276 e. The van der Waals surface area contributed by atoms with Crippen LogP contribution in [-0.4, -0.2) is 51.9 Å². The van der Waals surface area contributed by atoms with Gasteiger partial charge in [-0.2, -0.15) is 0 Å². The SMILES string of the molecule is O=C(NCCCCN1CCCC1)c1ccc2[nH]c(-c3nc4cscc4[nH]c3=O)cc2c1. The first-order valence-corrected chi connectivity index (χ1v) is 11.7. The zero-order valence-corrected chi connectivity index (χ0v) is 18.1. The van der Waals surface area contributed by atoms with Crippen LogP contribution in [-0.2, 0) is 0 Å². The number of unbranched alkanes of at least 4 members (excludes halogenated alkanes) is 1. The molecule has 4 heterocycles. The van der Waals surface area contributed by atoms with E-state index in [9.17, 15) is 9.59 Å². The molecule has 31 heavy (non-hydrogen) atoms. The number of amides is 1. The van der Waals surface area contributed by atoms with Crippen molar-refractivity contribution in [2.45, 2.75) is 25.7 Å². The van der Waals surface area contributed by atoms with E-state index in [0.29, 0.717) is 23.5 Å². The highest BCUT2D eigenvalue weighted by Crippen LogP contribution is 2.23. The zero-order valence-electron chi connectivity index (χ0n) is 17.2. The highest BCUT2D eigenvalue weighted by atomic mass is 32.1. The average molecular weight is 436 g/mol. The molecule has 3 N–H and O–H groups in total. The molecule has 1 aliphatic rings. The smallest absolute Gasteiger partial charge is 0.276 e. The van der Waals surface area contributed by atoms with Crippen LogP contribution in [0.2, 0.25) is 0 Å². The predicted octanol–water partition coefficient (Wildman–Crippen LogP) is 3.74. The third-order valence-electron chi connectivity index (χ3n) is 5.86. The number of carbonyl (C=O) groups excluding carboxylic acids is 1. The van der Waals surface area contributed by atoms with Crippen molar-refractivity contribution >= 4 is 39.2 Å². The summed E-state index contributed by atoms with van der Waals surface area (Å²) in [6.45, 7) is 4.24. The van der Waals surface area contributed by atoms with Gasteiger partial charge in [0.15, 0.2) is 5.69 Å². The first-order chi connectivity index (χ1) is 15.2. The zero-order chi connectivity index (χ0) is 21.2. The van der Waals surface area contributed by atoms with E-state index in [4.69, 9.17) is 0 Å². The molecule has 0 radical (unpaired) electrons. The number of H-pyrrole nitrogens is 2. The van der Waals surface area contributed by atoms with Crippen molar-refractivity contribution in [2.75, 3.05) is 26.2 Å². The molecule has 1 aromatic carbocycles. The van der Waals surface area contributed by atoms with E-state index < -0.39 is 0 Å². The Morgan fingerprint density at radius 1 is 1.10 bits per heavy atom. The van der Waals surface area contributed by atoms with Crippen molar-refractivity contribution in [3.63, 3.8) is 0 Å². The topological polar surface area (TPSA) is 93.9 Å². The summed E-state index contributed by atoms with van der Waals surface area (Å²) in [6, 6.07) is 7.41. The average Bonchev–Trinajstić information content (AvgIpc) is 3.52. The largest absolute Gasteiger partial charge is 0.353 e. The molecule has 1 saturated heterocycles. The van der Waals surface area contributed by atoms with Crippen molar-refractivity contribution < 1.29 is 4.79 Å². The Balaban J connectivity index is 1.26. The van der Waals surface area contributed by atoms with Crippen LogP contribution in [0, 0.1) is 0 Å². The summed E-state index contributed by atoms with van der Waals surface area (Å²) in [7, 11) is 0. The fourth-order valence-electron chi connectivity index (χ4n) is 4.18. The number of rotatable bonds is 7. The molecule has 0 aliphatic carbocycles. The number of hydrogen-bond acceptors (Lipinski definition) is 5. The molecule has 0 spiro atoms. The number of aromatic amines is 2. The molecular formula is C23H25N5O2S. The summed E-state index contributed by atoms with van der Waals surface area (Å²) in [5, 5.41) is 7.68. The molecule has 7 nitrogen and oxygen atoms in total. The van der Waals surface area contributed by atoms with E-state index in [1.165, 1.54) is 37.3 Å². The van der Waals surface area contributed by atoms with E-state index in [1.807, 2.05) is 35.0 Å². The molecule has 1 fully saturated rings. The maximum absolute atomic E-state index is 12.6. The van der Waals surface area contributed by atoms with Gasteiger partial charge in [0.1, 0.15) is 0 Å². The second kappa shape index (κ2) is 8.64. The van der Waals surface area contributed by atoms with Crippen LogP contribution in [0.25, 0.3) is 33.3 Å². The molecule has 4 aromatic rings. The van der Waals surface area contributed by atoms with Gasteiger partial charge in [0.25, 0.3) is 11.5 Å². The molecule has 5 rings (SSSR count). The number of thiophene rings is 1. The highest BCUT2D eigenvalue weighted by molar-refractivity contribution is 7.09. The van der Waals surface area contributed by atoms with Gasteiger partial charge >= 0.3 is 0 Å². The van der Waals surface area contributed by atoms with Crippen molar-refractivity contribution in [1.82, 2.24) is 25.2 Å². The highest BCUT2D eigenvalue weighted by Gasteiger charge is 2.13. The molecule has 160 valence electrons. The number of carbonyl (C=O) groups is 1. The van der Waals surface area contributed by atoms with E-state index in [2.05, 4.69) is 25.2 Å². The van der Waals surface area contributed by atoms with E-state index >= 15 is 0 Å². The standard InChI is InChI=1S/C23H25N5O2S/c29-22(24-7-1-2-8-28-9-3-4-10-28)15-5-6-17-16(11-15)12-18(25-17)21-23(30)27-20-14-31-13-19(20)26-21/h5-6,11-14,25H,1-4,7-10H2,(H,24,29)(H,27,30). The normalized spacial score (nSPS) is 14.6. The second-order valence-corrected chi connectivity index (χ2v) is 8.83. The van der Waals surface area contributed by atoms with Crippen molar-refractivity contribution in [1.29, 1.82) is 0 Å². The molecule has 1 aliphatic heterocycles. The Morgan fingerprint density at radius 2 is 1.97 bits per heavy atom. The Labute approximate surface area is 183 Å². The lowest BCUT2D eigenvalue weighted by Gasteiger charge is -2.14. The molecular weight excluding hydrogens is 410 g/mol. The summed E-state index contributed by atoms with van der Waals surface area (Å²) in [4.78, 5) is 38.1. The minimum absolute atomic E-state index is 0.0681. The van der Waals surface area contributed by atoms with Crippen LogP contribution >= 0.6 is 11.3 Å². The molecule has 0 unspecified atom stereocenters. The van der Waals surface area contributed by atoms with E-state index in [0.717, 1.165) is 41.3 Å². The monoisotopic (exact) mass is 435 g/mol. The number of likely N-dealkylation sites (tertiary alicyclic amines) is 1. The Hall–Kier alpha value is -2.97. The summed E-state index contributed by atoms with van der Waals surface area (Å²) in [6.07, 6.45) is 4.72. The van der Waals surface area contributed by atoms with Crippen molar-refractivity contribution in [2.24, 2.45) is 0 Å². The van der Waals surface area contributed by atoms with Crippen molar-refractivity contribution in [3.05, 3.63) is 50.9 Å². The Kier molecular flexibility index (Phi) is 5.57. The summed E-state index contributed by atoms with van der Waals surface area (Å²) < 4.78 is 0. The minimum Gasteiger partial charge on any atom is -0.353 e. The summed E-state index contributed by atoms with van der Waals surface area (Å²) in [5.74, 6) is -0.0681. The minimum atomic E-state index is -0.232. The van der Waals surface area contributed by atoms with E-state index in [1.54, 1.807) is 0 Å². The molecule has 3 aromatic heterocycles. The summed E-state index contributed by atoms with van der Waals surface area (Å²) in [5.41, 5.74) is 3.76. The van der Waals surface area contributed by atoms with Gasteiger partial charge in [0.05, 0.1) is 16.7 Å². The van der Waals surface area contributed by atoms with Gasteiger partial charge in [-0.15, -0.1) is 11.3 Å². The van der Waals surface area contributed by atoms with Crippen molar-refractivity contribution in [3.8, 4) is 11.4 Å². The van der Waals surface area contributed by atoms with Gasteiger partial charge in [0, 0.05) is 33.8 Å². The molecule has 0 atom stereocenters. The second-order valence-electron chi connectivity index (χ2n) is 8.08. The van der Waals surface area contributed by atoms with Gasteiger partial charge < -0.3 is 20.2 Å². The lowest BCUT2D eigenvalue weighted by molar-refractivity contribution is 0.0953. The number of fused-ring (bicyclic) bond motifs is 2. The molecule has 8 heteroatoms. The van der Waals surface area contributed by atoms with Crippen LogP contribution < -0.4 is 10.9 Å². The van der Waals surface area contributed by atoms with Crippen LogP contribution in [0.1, 0.15) is 36.0 Å². The van der Waals surface area contributed by atoms with Crippen LogP contribution in [0.4, 0.5) is 0 Å². The lowest BCUT2D eigenvalue weighted by atomic mass is 10.1. The lowest BCUT2D eigenvalue weighted by Crippen LogP contribution is -2.26. The van der Waals surface area contributed by atoms with Crippen LogP contribution in [0.5, 0.6) is 0 Å². The van der Waals surface area contributed by atoms with Crippen LogP contribution in [0.3, 0.4) is 0 Å². The number of nitrogens with one attached hydrogen (secondary N) is 3. The number of benzene rings is 1. The van der Waals surface area contributed by atoms with Gasteiger partial charge in [-0.3, -0.25) is 9.59 Å². The van der Waals surface area contributed by atoms with E-state index in [-0.39, 0.29) is 11.5 Å². The maximum atomic E-state index is 12.6. The number of nitrogens with zero attached hydrogens (tertiary/aromatic N) is 2. The quantitative estimate of drug-likeness (QED) is 0.386.